The molecule has 1 N–H and O–H groups in total. The number of ether oxygens (including phenoxy) is 1. The van der Waals surface area contributed by atoms with E-state index in [4.69, 9.17) is 4.74 Å². The Morgan fingerprint density at radius 2 is 1.74 bits per heavy atom. The van der Waals surface area contributed by atoms with Crippen LogP contribution in [0.2, 0.25) is 0 Å². The van der Waals surface area contributed by atoms with E-state index in [0.717, 1.165) is 20.6 Å². The molecule has 10 heteroatoms. The van der Waals surface area contributed by atoms with E-state index in [2.05, 4.69) is 21.2 Å². The van der Waals surface area contributed by atoms with Gasteiger partial charge in [0.15, 0.2) is 0 Å². The topological polar surface area (TPSA) is 96.0 Å². The third-order valence-corrected chi connectivity index (χ3v) is 6.66. The van der Waals surface area contributed by atoms with Crippen molar-refractivity contribution in [2.75, 3.05) is 23.7 Å². The van der Waals surface area contributed by atoms with Gasteiger partial charge in [-0.2, -0.15) is 0 Å². The Labute approximate surface area is 216 Å². The smallest absolute Gasteiger partial charge is 0.244 e. The first-order valence-electron chi connectivity index (χ1n) is 11.3. The number of carbonyl (C=O) groups excluding carboxylic acids is 2. The number of carbonyl (C=O) groups is 2. The van der Waals surface area contributed by atoms with Crippen molar-refractivity contribution in [2.45, 2.75) is 52.7 Å². The van der Waals surface area contributed by atoms with Crippen LogP contribution in [-0.4, -0.2) is 56.1 Å². The molecule has 0 unspecified atom stereocenters. The number of benzene rings is 2. The molecule has 2 rings (SSSR count). The predicted octanol–water partition coefficient (Wildman–Crippen LogP) is 3.95. The summed E-state index contributed by atoms with van der Waals surface area (Å²) in [7, 11) is -3.79. The zero-order valence-electron chi connectivity index (χ0n) is 21.0. The molecule has 35 heavy (non-hydrogen) atoms. The number of nitrogens with zero attached hydrogens (tertiary/aromatic N) is 2. The number of hydrogen-bond acceptors (Lipinski definition) is 5. The average molecular weight is 569 g/mol. The summed E-state index contributed by atoms with van der Waals surface area (Å²) in [6, 6.07) is 13.1. The molecule has 8 nitrogen and oxygen atoms in total. The normalized spacial score (nSPS) is 12.5. The monoisotopic (exact) mass is 567 g/mol. The summed E-state index contributed by atoms with van der Waals surface area (Å²) in [5.74, 6) is -0.228. The molecule has 0 aliphatic heterocycles. The Morgan fingerprint density at radius 1 is 1.11 bits per heavy atom. The number of rotatable bonds is 10. The highest BCUT2D eigenvalue weighted by atomic mass is 79.9. The fourth-order valence-electron chi connectivity index (χ4n) is 3.38. The van der Waals surface area contributed by atoms with E-state index < -0.39 is 34.1 Å². The second-order valence-corrected chi connectivity index (χ2v) is 12.1. The molecule has 2 amide bonds. The van der Waals surface area contributed by atoms with Gasteiger partial charge in [-0.15, -0.1) is 0 Å². The van der Waals surface area contributed by atoms with Crippen molar-refractivity contribution in [1.82, 2.24) is 10.2 Å². The van der Waals surface area contributed by atoms with Gasteiger partial charge < -0.3 is 15.0 Å². The van der Waals surface area contributed by atoms with E-state index in [1.165, 1.54) is 4.90 Å². The van der Waals surface area contributed by atoms with E-state index in [9.17, 15) is 18.0 Å². The minimum Gasteiger partial charge on any atom is -0.494 e. The lowest BCUT2D eigenvalue weighted by Crippen LogP contribution is -2.54. The van der Waals surface area contributed by atoms with Crippen molar-refractivity contribution in [1.29, 1.82) is 0 Å². The van der Waals surface area contributed by atoms with E-state index in [0.29, 0.717) is 18.0 Å². The highest BCUT2D eigenvalue weighted by Gasteiger charge is 2.31. The van der Waals surface area contributed by atoms with Crippen molar-refractivity contribution in [3.05, 3.63) is 58.6 Å². The van der Waals surface area contributed by atoms with Gasteiger partial charge in [0.25, 0.3) is 0 Å². The number of amides is 2. The zero-order valence-corrected chi connectivity index (χ0v) is 23.4. The van der Waals surface area contributed by atoms with Crippen LogP contribution in [0.1, 0.15) is 40.2 Å². The SMILES string of the molecule is CCOc1ccc(N(CC(=O)N(Cc2cccc(Br)c2)[C@H](C)C(=O)NC(C)(C)C)S(C)(=O)=O)cc1. The lowest BCUT2D eigenvalue weighted by Gasteiger charge is -2.33. The minimum atomic E-state index is -3.79. The Hall–Kier alpha value is -2.59. The maximum Gasteiger partial charge on any atom is 0.244 e. The molecule has 0 saturated carbocycles. The lowest BCUT2D eigenvalue weighted by molar-refractivity contribution is -0.140. The summed E-state index contributed by atoms with van der Waals surface area (Å²) in [5, 5.41) is 2.90. The Bertz CT molecular complexity index is 1130. The van der Waals surface area contributed by atoms with Gasteiger partial charge in [0, 0.05) is 16.6 Å². The molecule has 2 aromatic carbocycles. The van der Waals surface area contributed by atoms with E-state index in [-0.39, 0.29) is 12.5 Å². The quantitative estimate of drug-likeness (QED) is 0.469. The number of sulfonamides is 1. The largest absolute Gasteiger partial charge is 0.494 e. The van der Waals surface area contributed by atoms with Crippen LogP contribution in [0.5, 0.6) is 5.75 Å². The Balaban J connectivity index is 2.38. The number of hydrogen-bond donors (Lipinski definition) is 1. The maximum absolute atomic E-state index is 13.5. The van der Waals surface area contributed by atoms with Crippen LogP contribution in [-0.2, 0) is 26.2 Å². The van der Waals surface area contributed by atoms with Crippen molar-refractivity contribution in [2.24, 2.45) is 0 Å². The summed E-state index contributed by atoms with van der Waals surface area (Å²) in [4.78, 5) is 27.9. The summed E-state index contributed by atoms with van der Waals surface area (Å²) in [5.41, 5.74) is 0.644. The lowest BCUT2D eigenvalue weighted by atomic mass is 10.1. The molecule has 0 radical (unpaired) electrons. The van der Waals surface area contributed by atoms with Gasteiger partial charge in [-0.1, -0.05) is 28.1 Å². The molecule has 0 bridgehead atoms. The number of halogens is 1. The Kier molecular flexibility index (Phi) is 9.74. The van der Waals surface area contributed by atoms with Crippen LogP contribution in [0.3, 0.4) is 0 Å². The summed E-state index contributed by atoms with van der Waals surface area (Å²) in [6.07, 6.45) is 1.05. The predicted molar refractivity (Wildman–Crippen MR) is 142 cm³/mol. The van der Waals surface area contributed by atoms with Gasteiger partial charge in [-0.25, -0.2) is 8.42 Å². The molecule has 2 aromatic rings. The van der Waals surface area contributed by atoms with E-state index in [1.807, 2.05) is 52.0 Å². The number of nitrogens with one attached hydrogen (secondary N) is 1. The third-order valence-electron chi connectivity index (χ3n) is 5.02. The molecular weight excluding hydrogens is 534 g/mol. The van der Waals surface area contributed by atoms with Gasteiger partial charge in [0.2, 0.25) is 21.8 Å². The Morgan fingerprint density at radius 3 is 2.26 bits per heavy atom. The highest BCUT2D eigenvalue weighted by molar-refractivity contribution is 9.10. The second-order valence-electron chi connectivity index (χ2n) is 9.26. The highest BCUT2D eigenvalue weighted by Crippen LogP contribution is 2.23. The van der Waals surface area contributed by atoms with Gasteiger partial charge in [-0.3, -0.25) is 13.9 Å². The first-order chi connectivity index (χ1) is 16.2. The van der Waals surface area contributed by atoms with E-state index >= 15 is 0 Å². The van der Waals surface area contributed by atoms with Crippen LogP contribution in [0.15, 0.2) is 53.0 Å². The van der Waals surface area contributed by atoms with Crippen LogP contribution in [0.25, 0.3) is 0 Å². The van der Waals surface area contributed by atoms with E-state index in [1.54, 1.807) is 31.2 Å². The maximum atomic E-state index is 13.5. The van der Waals surface area contributed by atoms with Crippen LogP contribution >= 0.6 is 15.9 Å². The molecule has 0 fully saturated rings. The third kappa shape index (κ3) is 8.85. The molecule has 0 spiro atoms. The van der Waals surface area contributed by atoms with Gasteiger partial charge in [0.05, 0.1) is 18.6 Å². The van der Waals surface area contributed by atoms with Crippen LogP contribution < -0.4 is 14.4 Å². The van der Waals surface area contributed by atoms with Gasteiger partial charge in [0.1, 0.15) is 18.3 Å². The molecule has 0 aromatic heterocycles. The molecule has 0 aliphatic carbocycles. The molecule has 1 atom stereocenters. The van der Waals surface area contributed by atoms with Crippen LogP contribution in [0.4, 0.5) is 5.69 Å². The van der Waals surface area contributed by atoms with Gasteiger partial charge >= 0.3 is 0 Å². The van der Waals surface area contributed by atoms with Crippen molar-refractivity contribution < 1.29 is 22.7 Å². The average Bonchev–Trinajstić information content (AvgIpc) is 2.74. The van der Waals surface area contributed by atoms with Crippen molar-refractivity contribution in [3.8, 4) is 5.75 Å². The molecule has 0 heterocycles. The van der Waals surface area contributed by atoms with Crippen LogP contribution in [0, 0.1) is 0 Å². The minimum absolute atomic E-state index is 0.137. The number of anilines is 1. The molecule has 0 aliphatic rings. The molecule has 0 saturated heterocycles. The summed E-state index contributed by atoms with van der Waals surface area (Å²) < 4.78 is 32.6. The first-order valence-corrected chi connectivity index (χ1v) is 13.9. The van der Waals surface area contributed by atoms with Crippen molar-refractivity contribution >= 4 is 43.5 Å². The standard InChI is InChI=1S/C25H34BrN3O5S/c1-7-34-22-13-11-21(12-14-22)29(35(6,32)33)17-23(30)28(16-19-9-8-10-20(26)15-19)18(2)24(31)27-25(3,4)5/h8-15,18H,7,16-17H2,1-6H3,(H,27,31)/t18-/m1/s1. The summed E-state index contributed by atoms with van der Waals surface area (Å²) in [6.45, 7) is 9.23. The van der Waals surface area contributed by atoms with Crippen molar-refractivity contribution in [3.63, 3.8) is 0 Å². The first kappa shape index (κ1) is 28.6. The molecular formula is C25H34BrN3O5S. The zero-order chi connectivity index (χ0) is 26.4. The fraction of sp³-hybridized carbons (Fsp3) is 0.440. The summed E-state index contributed by atoms with van der Waals surface area (Å²) >= 11 is 3.43. The van der Waals surface area contributed by atoms with Gasteiger partial charge in [-0.05, 0) is 76.6 Å². The molecule has 192 valence electrons. The fourth-order valence-corrected chi connectivity index (χ4v) is 4.67. The second kappa shape index (κ2) is 11.9.